The normalized spacial score (nSPS) is 12.8. The number of fused-ring (bicyclic) bond motifs is 2. The third-order valence-electron chi connectivity index (χ3n) is 4.74. The van der Waals surface area contributed by atoms with E-state index in [4.69, 9.17) is 4.98 Å². The van der Waals surface area contributed by atoms with Crippen LogP contribution in [0.5, 0.6) is 0 Å². The average molecular weight is 346 g/mol. The van der Waals surface area contributed by atoms with Gasteiger partial charge in [0.25, 0.3) is 5.91 Å². The minimum absolute atomic E-state index is 0.282. The maximum atomic E-state index is 13.5. The highest BCUT2D eigenvalue weighted by atomic mass is 16.4. The Hall–Kier alpha value is -3.21. The Kier molecular flexibility index (Phi) is 4.13. The summed E-state index contributed by atoms with van der Waals surface area (Å²) in [5.41, 5.74) is 3.86. The molecule has 3 aromatic rings. The lowest BCUT2D eigenvalue weighted by atomic mass is 9.99. The second kappa shape index (κ2) is 6.59. The number of nitrogens with zero attached hydrogens (tertiary/aromatic N) is 2. The van der Waals surface area contributed by atoms with Crippen LogP contribution in [0.3, 0.4) is 0 Å². The molecule has 4 rings (SSSR count). The Morgan fingerprint density at radius 3 is 2.50 bits per heavy atom. The molecule has 1 aliphatic rings. The Morgan fingerprint density at radius 1 is 1.00 bits per heavy atom. The van der Waals surface area contributed by atoms with Crippen molar-refractivity contribution in [1.29, 1.82) is 0 Å². The number of pyridine rings is 1. The Bertz CT molecular complexity index is 999. The first kappa shape index (κ1) is 16.3. The number of aromatic nitrogens is 1. The lowest BCUT2D eigenvalue weighted by Gasteiger charge is -2.23. The van der Waals surface area contributed by atoms with E-state index < -0.39 is 5.97 Å². The molecule has 0 unspecified atom stereocenters. The molecule has 0 bridgehead atoms. The first-order valence-electron chi connectivity index (χ1n) is 8.64. The molecule has 5 heteroatoms. The van der Waals surface area contributed by atoms with Crippen molar-refractivity contribution >= 4 is 28.5 Å². The molecule has 26 heavy (non-hydrogen) atoms. The third-order valence-corrected chi connectivity index (χ3v) is 4.74. The van der Waals surface area contributed by atoms with Crippen molar-refractivity contribution in [2.75, 3.05) is 11.4 Å². The highest BCUT2D eigenvalue weighted by molar-refractivity contribution is 6.16. The van der Waals surface area contributed by atoms with Crippen molar-refractivity contribution in [3.63, 3.8) is 0 Å². The van der Waals surface area contributed by atoms with E-state index in [0.717, 1.165) is 41.4 Å². The summed E-state index contributed by atoms with van der Waals surface area (Å²) in [5.74, 6) is -1.33. The molecule has 1 aliphatic carbocycles. The average Bonchev–Trinajstić information content (AvgIpc) is 3.12. The monoisotopic (exact) mass is 346 g/mol. The molecule has 5 nitrogen and oxygen atoms in total. The lowest BCUT2D eigenvalue weighted by molar-refractivity contribution is -0.135. The largest absolute Gasteiger partial charge is 0.480 e. The molecular weight excluding hydrogens is 328 g/mol. The smallest absolute Gasteiger partial charge is 0.323 e. The van der Waals surface area contributed by atoms with Crippen LogP contribution >= 0.6 is 0 Å². The molecular formula is C21H18N2O3. The lowest BCUT2D eigenvalue weighted by Crippen LogP contribution is -2.36. The summed E-state index contributed by atoms with van der Waals surface area (Å²) in [6, 6.07) is 16.5. The zero-order valence-electron chi connectivity index (χ0n) is 14.2. The van der Waals surface area contributed by atoms with Gasteiger partial charge in [0, 0.05) is 16.8 Å². The van der Waals surface area contributed by atoms with Crippen LogP contribution in [0.25, 0.3) is 10.9 Å². The quantitative estimate of drug-likeness (QED) is 0.785. The van der Waals surface area contributed by atoms with Gasteiger partial charge in [0.2, 0.25) is 0 Å². The van der Waals surface area contributed by atoms with Gasteiger partial charge < -0.3 is 5.11 Å². The first-order chi connectivity index (χ1) is 12.6. The van der Waals surface area contributed by atoms with Gasteiger partial charge in [-0.3, -0.25) is 19.5 Å². The third kappa shape index (κ3) is 2.81. The number of carboxylic acid groups (broad SMARTS) is 1. The maximum Gasteiger partial charge on any atom is 0.323 e. The van der Waals surface area contributed by atoms with Crippen molar-refractivity contribution in [1.82, 2.24) is 4.98 Å². The Labute approximate surface area is 150 Å². The molecule has 130 valence electrons. The fourth-order valence-corrected chi connectivity index (χ4v) is 3.61. The van der Waals surface area contributed by atoms with Gasteiger partial charge in [0.05, 0.1) is 11.1 Å². The highest BCUT2D eigenvalue weighted by Crippen LogP contribution is 2.31. The predicted molar refractivity (Wildman–Crippen MR) is 99.5 cm³/mol. The SMILES string of the molecule is O=C(O)CN(C(=O)c1c2c(nc3ccccc13)CCC2)c1ccccc1. The van der Waals surface area contributed by atoms with Crippen LogP contribution < -0.4 is 4.90 Å². The van der Waals surface area contributed by atoms with Gasteiger partial charge >= 0.3 is 5.97 Å². The Balaban J connectivity index is 1.90. The number of carbonyl (C=O) groups excluding carboxylic acids is 1. The van der Waals surface area contributed by atoms with Crippen LogP contribution in [0.1, 0.15) is 28.0 Å². The number of rotatable bonds is 4. The van der Waals surface area contributed by atoms with Crippen molar-refractivity contribution in [3.05, 3.63) is 71.4 Å². The van der Waals surface area contributed by atoms with Gasteiger partial charge in [-0.25, -0.2) is 0 Å². The van der Waals surface area contributed by atoms with E-state index >= 15 is 0 Å². The zero-order chi connectivity index (χ0) is 18.1. The second-order valence-electron chi connectivity index (χ2n) is 6.40. The number of benzene rings is 2. The van der Waals surface area contributed by atoms with E-state index in [0.29, 0.717) is 11.3 Å². The summed E-state index contributed by atoms with van der Waals surface area (Å²) in [7, 11) is 0. The van der Waals surface area contributed by atoms with Gasteiger partial charge in [-0.1, -0.05) is 36.4 Å². The number of carboxylic acids is 1. The van der Waals surface area contributed by atoms with E-state index in [1.165, 1.54) is 4.90 Å². The van der Waals surface area contributed by atoms with E-state index in [-0.39, 0.29) is 12.5 Å². The van der Waals surface area contributed by atoms with Crippen LogP contribution in [0.2, 0.25) is 0 Å². The van der Waals surface area contributed by atoms with Gasteiger partial charge in [0.15, 0.2) is 0 Å². The Morgan fingerprint density at radius 2 is 1.73 bits per heavy atom. The van der Waals surface area contributed by atoms with Crippen molar-refractivity contribution in [2.45, 2.75) is 19.3 Å². The molecule has 0 saturated heterocycles. The molecule has 0 radical (unpaired) electrons. The summed E-state index contributed by atoms with van der Waals surface area (Å²) in [4.78, 5) is 30.9. The highest BCUT2D eigenvalue weighted by Gasteiger charge is 2.28. The molecule has 0 aliphatic heterocycles. The number of anilines is 1. The number of carbonyl (C=O) groups is 2. The van der Waals surface area contributed by atoms with E-state index in [1.807, 2.05) is 30.3 Å². The molecule has 1 N–H and O–H groups in total. The van der Waals surface area contributed by atoms with Gasteiger partial charge in [-0.2, -0.15) is 0 Å². The summed E-state index contributed by atoms with van der Waals surface area (Å²) < 4.78 is 0. The molecule has 0 fully saturated rings. The van der Waals surface area contributed by atoms with Crippen LogP contribution in [-0.4, -0.2) is 28.5 Å². The zero-order valence-corrected chi connectivity index (χ0v) is 14.2. The summed E-state index contributed by atoms with van der Waals surface area (Å²) in [5, 5.41) is 10.1. The standard InChI is InChI=1S/C21H18N2O3/c24-19(25)13-23(14-7-2-1-3-8-14)21(26)20-15-9-4-5-11-17(15)22-18-12-6-10-16(18)20/h1-5,7-9,11H,6,10,12-13H2,(H,24,25). The number of hydrogen-bond acceptors (Lipinski definition) is 3. The number of para-hydroxylation sites is 2. The molecule has 1 amide bonds. The van der Waals surface area contributed by atoms with Crippen LogP contribution in [-0.2, 0) is 17.6 Å². The van der Waals surface area contributed by atoms with Crippen molar-refractivity contribution < 1.29 is 14.7 Å². The number of aryl methyl sites for hydroxylation is 1. The van der Waals surface area contributed by atoms with Gasteiger partial charge in [-0.05, 0) is 43.0 Å². The van der Waals surface area contributed by atoms with Crippen molar-refractivity contribution in [3.8, 4) is 0 Å². The van der Waals surface area contributed by atoms with Gasteiger partial charge in [0.1, 0.15) is 6.54 Å². The fraction of sp³-hybridized carbons (Fsp3) is 0.190. The molecule has 0 saturated carbocycles. The molecule has 1 heterocycles. The molecule has 0 atom stereocenters. The second-order valence-corrected chi connectivity index (χ2v) is 6.40. The topological polar surface area (TPSA) is 70.5 Å². The van der Waals surface area contributed by atoms with E-state index in [1.54, 1.807) is 24.3 Å². The minimum atomic E-state index is -1.04. The number of aliphatic carboxylic acids is 1. The molecule has 1 aromatic heterocycles. The van der Waals surface area contributed by atoms with Gasteiger partial charge in [-0.15, -0.1) is 0 Å². The summed E-state index contributed by atoms with van der Waals surface area (Å²) >= 11 is 0. The summed E-state index contributed by atoms with van der Waals surface area (Å²) in [6.07, 6.45) is 2.61. The van der Waals surface area contributed by atoms with Crippen LogP contribution in [0.15, 0.2) is 54.6 Å². The molecule has 2 aromatic carbocycles. The molecule has 0 spiro atoms. The van der Waals surface area contributed by atoms with E-state index in [2.05, 4.69) is 0 Å². The van der Waals surface area contributed by atoms with Crippen molar-refractivity contribution in [2.24, 2.45) is 0 Å². The maximum absolute atomic E-state index is 13.5. The summed E-state index contributed by atoms with van der Waals surface area (Å²) in [6.45, 7) is -0.381. The number of hydrogen-bond donors (Lipinski definition) is 1. The van der Waals surface area contributed by atoms with Crippen LogP contribution in [0.4, 0.5) is 5.69 Å². The minimum Gasteiger partial charge on any atom is -0.480 e. The van der Waals surface area contributed by atoms with E-state index in [9.17, 15) is 14.7 Å². The fourth-order valence-electron chi connectivity index (χ4n) is 3.61. The van der Waals surface area contributed by atoms with Crippen LogP contribution in [0, 0.1) is 0 Å². The predicted octanol–water partition coefficient (Wildman–Crippen LogP) is 3.45. The first-order valence-corrected chi connectivity index (χ1v) is 8.64. The number of amides is 1.